The van der Waals surface area contributed by atoms with Gasteiger partial charge < -0.3 is 36.3 Å². The third-order valence-electron chi connectivity index (χ3n) is 7.04. The number of rotatable bonds is 13. The number of hydrogen-bond acceptors (Lipinski definition) is 6. The van der Waals surface area contributed by atoms with Gasteiger partial charge >= 0.3 is 5.97 Å². The van der Waals surface area contributed by atoms with Crippen LogP contribution in [0.25, 0.3) is 10.9 Å². The first-order valence-electron chi connectivity index (χ1n) is 13.6. The first-order chi connectivity index (χ1) is 19.2. The Bertz CT molecular complexity index is 1310. The zero-order chi connectivity index (χ0) is 28.6. The maximum absolute atomic E-state index is 13.7. The van der Waals surface area contributed by atoms with E-state index >= 15 is 0 Å². The predicted octanol–water partition coefficient (Wildman–Crippen LogP) is 1.01. The topological polar surface area (TPSA) is 181 Å². The molecule has 3 heterocycles. The number of fused-ring (bicyclic) bond motifs is 1. The summed E-state index contributed by atoms with van der Waals surface area (Å²) >= 11 is 0. The lowest BCUT2D eigenvalue weighted by molar-refractivity contribution is -0.142. The first kappa shape index (κ1) is 28.8. The van der Waals surface area contributed by atoms with E-state index < -0.39 is 42.0 Å². The lowest BCUT2D eigenvalue weighted by atomic mass is 10.0. The normalized spacial score (nSPS) is 17.3. The number of aliphatic carboxylic acids is 1. The van der Waals surface area contributed by atoms with Crippen molar-refractivity contribution in [3.8, 4) is 0 Å². The third-order valence-corrected chi connectivity index (χ3v) is 7.04. The van der Waals surface area contributed by atoms with Crippen LogP contribution in [-0.2, 0) is 32.0 Å². The summed E-state index contributed by atoms with van der Waals surface area (Å²) in [7, 11) is 0. The van der Waals surface area contributed by atoms with Gasteiger partial charge in [0.15, 0.2) is 0 Å². The highest BCUT2D eigenvalue weighted by Gasteiger charge is 2.32. The Hall–Kier alpha value is -4.19. The van der Waals surface area contributed by atoms with Crippen molar-refractivity contribution in [2.45, 2.75) is 70.1 Å². The van der Waals surface area contributed by atoms with Crippen LogP contribution in [-0.4, -0.2) is 74.5 Å². The molecule has 1 aliphatic rings. The minimum absolute atomic E-state index is 0.0296. The Balaban J connectivity index is 1.56. The molecule has 1 fully saturated rings. The Morgan fingerprint density at radius 2 is 1.73 bits per heavy atom. The standard InChI is InChI=1S/C28H37N7O5/c1-16(2)10-24(28(39)40)35-27(38)23(12-18-14-29-15-32-18)34-26(37)22(33-25(36)21-8-5-9-30-21)11-17-13-31-20-7-4-3-6-19(17)20/h3-4,6-7,13-16,21-24,30-31H,5,8-12H2,1-2H3,(H,29,32)(H,33,36)(H,34,37)(H,35,38)(H,39,40). The number of amides is 3. The number of carbonyl (C=O) groups excluding carboxylic acids is 3. The van der Waals surface area contributed by atoms with Crippen molar-refractivity contribution in [2.75, 3.05) is 6.54 Å². The number of aromatic amines is 2. The smallest absolute Gasteiger partial charge is 0.326 e. The van der Waals surface area contributed by atoms with E-state index in [1.165, 1.54) is 12.5 Å². The molecule has 7 N–H and O–H groups in total. The maximum atomic E-state index is 13.7. The van der Waals surface area contributed by atoms with Gasteiger partial charge in [-0.25, -0.2) is 9.78 Å². The zero-order valence-electron chi connectivity index (χ0n) is 22.7. The van der Waals surface area contributed by atoms with Gasteiger partial charge in [0, 0.05) is 41.8 Å². The summed E-state index contributed by atoms with van der Waals surface area (Å²) in [6, 6.07) is 4.09. The lowest BCUT2D eigenvalue weighted by Crippen LogP contribution is -2.58. The minimum Gasteiger partial charge on any atom is -0.480 e. The number of para-hydroxylation sites is 1. The molecule has 0 radical (unpaired) electrons. The monoisotopic (exact) mass is 551 g/mol. The number of benzene rings is 1. The molecule has 3 aromatic rings. The molecule has 0 bridgehead atoms. The Labute approximate surface area is 232 Å². The number of carboxylic acid groups (broad SMARTS) is 1. The van der Waals surface area contributed by atoms with Crippen molar-refractivity contribution >= 4 is 34.6 Å². The molecule has 0 saturated carbocycles. The van der Waals surface area contributed by atoms with E-state index in [4.69, 9.17) is 0 Å². The summed E-state index contributed by atoms with van der Waals surface area (Å²) in [5.74, 6) is -2.59. The summed E-state index contributed by atoms with van der Waals surface area (Å²) in [6.07, 6.45) is 6.82. The second-order valence-corrected chi connectivity index (χ2v) is 10.6. The predicted molar refractivity (Wildman–Crippen MR) is 148 cm³/mol. The lowest BCUT2D eigenvalue weighted by Gasteiger charge is -2.25. The third kappa shape index (κ3) is 7.47. The van der Waals surface area contributed by atoms with Crippen molar-refractivity contribution in [1.82, 2.24) is 36.2 Å². The zero-order valence-corrected chi connectivity index (χ0v) is 22.7. The van der Waals surface area contributed by atoms with Crippen LogP contribution < -0.4 is 21.3 Å². The Morgan fingerprint density at radius 1 is 1.00 bits per heavy atom. The van der Waals surface area contributed by atoms with Crippen molar-refractivity contribution in [1.29, 1.82) is 0 Å². The van der Waals surface area contributed by atoms with Crippen molar-refractivity contribution < 1.29 is 24.3 Å². The van der Waals surface area contributed by atoms with E-state index in [9.17, 15) is 24.3 Å². The van der Waals surface area contributed by atoms with Gasteiger partial charge in [-0.1, -0.05) is 32.0 Å². The summed E-state index contributed by atoms with van der Waals surface area (Å²) in [5, 5.41) is 21.9. The van der Waals surface area contributed by atoms with Crippen molar-refractivity contribution in [3.05, 3.63) is 54.2 Å². The largest absolute Gasteiger partial charge is 0.480 e. The molecule has 3 amide bonds. The fraction of sp³-hybridized carbons (Fsp3) is 0.464. The molecule has 0 aliphatic carbocycles. The van der Waals surface area contributed by atoms with Gasteiger partial charge in [0.2, 0.25) is 17.7 Å². The number of H-pyrrole nitrogens is 2. The summed E-state index contributed by atoms with van der Waals surface area (Å²) in [6.45, 7) is 4.46. The fourth-order valence-electron chi connectivity index (χ4n) is 4.97. The average molecular weight is 552 g/mol. The van der Waals surface area contributed by atoms with Crippen molar-refractivity contribution in [3.63, 3.8) is 0 Å². The van der Waals surface area contributed by atoms with Gasteiger partial charge in [0.25, 0.3) is 0 Å². The van der Waals surface area contributed by atoms with Gasteiger partial charge in [-0.15, -0.1) is 0 Å². The Morgan fingerprint density at radius 3 is 2.38 bits per heavy atom. The van der Waals surface area contributed by atoms with Crippen LogP contribution in [0.1, 0.15) is 44.4 Å². The molecule has 40 heavy (non-hydrogen) atoms. The molecule has 4 unspecified atom stereocenters. The molecule has 1 aromatic carbocycles. The number of nitrogens with one attached hydrogen (secondary N) is 6. The highest BCUT2D eigenvalue weighted by molar-refractivity contribution is 5.95. The Kier molecular flexibility index (Phi) is 9.54. The average Bonchev–Trinajstić information content (AvgIpc) is 3.70. The van der Waals surface area contributed by atoms with Crippen molar-refractivity contribution in [2.24, 2.45) is 5.92 Å². The second-order valence-electron chi connectivity index (χ2n) is 10.6. The fourth-order valence-corrected chi connectivity index (χ4v) is 4.97. The number of hydrogen-bond donors (Lipinski definition) is 7. The maximum Gasteiger partial charge on any atom is 0.326 e. The quantitative estimate of drug-likeness (QED) is 0.165. The SMILES string of the molecule is CC(C)CC(NC(=O)C(Cc1cnc[nH]1)NC(=O)C(Cc1c[nH]c2ccccc12)NC(=O)C1CCCN1)C(=O)O. The molecule has 1 aliphatic heterocycles. The highest BCUT2D eigenvalue weighted by atomic mass is 16.4. The van der Waals surface area contributed by atoms with Crippen LogP contribution in [0.3, 0.4) is 0 Å². The minimum atomic E-state index is -1.15. The summed E-state index contributed by atoms with van der Waals surface area (Å²) < 4.78 is 0. The van der Waals surface area contributed by atoms with E-state index in [0.717, 1.165) is 29.4 Å². The number of carbonyl (C=O) groups is 4. The van der Waals surface area contributed by atoms with Gasteiger partial charge in [-0.3, -0.25) is 14.4 Å². The molecule has 12 nitrogen and oxygen atoms in total. The number of aromatic nitrogens is 3. The molecule has 12 heteroatoms. The van der Waals surface area contributed by atoms with E-state index in [1.807, 2.05) is 44.3 Å². The second kappa shape index (κ2) is 13.2. The van der Waals surface area contributed by atoms with E-state index in [2.05, 4.69) is 36.2 Å². The van der Waals surface area contributed by atoms with E-state index in [0.29, 0.717) is 12.1 Å². The van der Waals surface area contributed by atoms with Crippen LogP contribution in [0.5, 0.6) is 0 Å². The van der Waals surface area contributed by atoms with Crippen LogP contribution in [0.4, 0.5) is 0 Å². The van der Waals surface area contributed by atoms with Crippen LogP contribution in [0, 0.1) is 5.92 Å². The molecule has 214 valence electrons. The van der Waals surface area contributed by atoms with Crippen LogP contribution in [0.2, 0.25) is 0 Å². The van der Waals surface area contributed by atoms with Gasteiger partial charge in [-0.2, -0.15) is 0 Å². The molecular weight excluding hydrogens is 514 g/mol. The van der Waals surface area contributed by atoms with Crippen LogP contribution >= 0.6 is 0 Å². The van der Waals surface area contributed by atoms with E-state index in [1.54, 1.807) is 0 Å². The van der Waals surface area contributed by atoms with Gasteiger partial charge in [-0.05, 0) is 43.4 Å². The van der Waals surface area contributed by atoms with Gasteiger partial charge in [0.05, 0.1) is 12.4 Å². The molecule has 0 spiro atoms. The first-order valence-corrected chi connectivity index (χ1v) is 13.6. The number of nitrogens with zero attached hydrogens (tertiary/aromatic N) is 1. The number of carboxylic acids is 1. The molecule has 4 rings (SSSR count). The molecule has 2 aromatic heterocycles. The molecule has 1 saturated heterocycles. The van der Waals surface area contributed by atoms with Crippen LogP contribution in [0.15, 0.2) is 43.0 Å². The summed E-state index contributed by atoms with van der Waals surface area (Å²) in [4.78, 5) is 62.0. The summed E-state index contributed by atoms with van der Waals surface area (Å²) in [5.41, 5.74) is 2.33. The number of imidazole rings is 1. The molecule has 4 atom stereocenters. The van der Waals surface area contributed by atoms with Gasteiger partial charge in [0.1, 0.15) is 18.1 Å². The van der Waals surface area contributed by atoms with E-state index in [-0.39, 0.29) is 31.1 Å². The molecular formula is C28H37N7O5. The highest BCUT2D eigenvalue weighted by Crippen LogP contribution is 2.20.